The van der Waals surface area contributed by atoms with E-state index >= 15 is 0 Å². The summed E-state index contributed by atoms with van der Waals surface area (Å²) < 4.78 is 77.2. The van der Waals surface area contributed by atoms with Gasteiger partial charge >= 0.3 is 179 Å². The van der Waals surface area contributed by atoms with Crippen molar-refractivity contribution in [1.82, 2.24) is 0 Å². The van der Waals surface area contributed by atoms with Crippen molar-refractivity contribution in [3.63, 3.8) is 0 Å². The molecule has 0 aliphatic carbocycles. The van der Waals surface area contributed by atoms with Gasteiger partial charge in [-0.1, -0.05) is 0 Å². The molecule has 9 nitrogen and oxygen atoms in total. The van der Waals surface area contributed by atoms with E-state index in [1.54, 1.807) is 0 Å². The van der Waals surface area contributed by atoms with Gasteiger partial charge in [-0.2, -0.15) is 0 Å². The zero-order valence-electron chi connectivity index (χ0n) is 7.30. The molecule has 0 N–H and O–H groups in total. The van der Waals surface area contributed by atoms with Gasteiger partial charge in [-0.05, 0) is 0 Å². The van der Waals surface area contributed by atoms with Gasteiger partial charge in [0.1, 0.15) is 0 Å². The summed E-state index contributed by atoms with van der Waals surface area (Å²) in [4.78, 5) is 0. The quantitative estimate of drug-likeness (QED) is 0.283. The van der Waals surface area contributed by atoms with Crippen LogP contribution < -0.4 is 22.1 Å². The molecule has 0 spiro atoms. The minimum Gasteiger partial charge on any atom is 2.00 e. The summed E-state index contributed by atoms with van der Waals surface area (Å²) in [6.45, 7) is 0. The fourth-order valence-electron chi connectivity index (χ4n) is 0. The number of hydrogen-bond acceptors (Lipinski definition) is 9. The Balaban J connectivity index is -0.0000000184. The predicted octanol–water partition coefficient (Wildman–Crippen LogP) is -8.26. The molecule has 0 radical (unpaired) electrons. The van der Waals surface area contributed by atoms with E-state index in [-0.39, 0.29) is 91.4 Å². The maximum atomic E-state index is 8.58. The van der Waals surface area contributed by atoms with Crippen molar-refractivity contribution < 1.29 is 107 Å². The third-order valence-corrected chi connectivity index (χ3v) is 0. The summed E-state index contributed by atoms with van der Waals surface area (Å²) in [7, 11) is 0. The van der Waals surface area contributed by atoms with Crippen LogP contribution in [0, 0.1) is 0 Å². The third kappa shape index (κ3) is 266. The molecule has 0 aliphatic rings. The molecule has 0 atom stereocenters. The second kappa shape index (κ2) is 30.9. The summed E-state index contributed by atoms with van der Waals surface area (Å²) in [6.07, 6.45) is 0. The first-order chi connectivity index (χ1) is 5.20. The smallest absolute Gasteiger partial charge is 2.00 e. The number of rotatable bonds is 0. The van der Waals surface area contributed by atoms with Crippen LogP contribution in [0.3, 0.4) is 0 Å². The van der Waals surface area contributed by atoms with Gasteiger partial charge in [0.05, 0.1) is 0 Å². The third-order valence-electron chi connectivity index (χ3n) is 0. The van der Waals surface area contributed by atoms with Crippen LogP contribution >= 0.6 is 0 Å². The molecule has 0 aromatic rings. The van der Waals surface area contributed by atoms with Gasteiger partial charge in [0.15, 0.2) is 0 Å². The summed E-state index contributed by atoms with van der Waals surface area (Å²) >= 11 is -12.2. The van der Waals surface area contributed by atoms with E-state index in [1.807, 2.05) is 0 Å². The van der Waals surface area contributed by atoms with Crippen LogP contribution in [0.15, 0.2) is 0 Å². The fourth-order valence-corrected chi connectivity index (χ4v) is 0. The van der Waals surface area contributed by atoms with Crippen molar-refractivity contribution in [1.29, 1.82) is 0 Å². The number of hydrogen-bond donors (Lipinski definition) is 0. The topological polar surface area (TPSA) is 190 Å². The van der Waals surface area contributed by atoms with Gasteiger partial charge < -0.3 is 0 Å². The molecule has 0 amide bonds. The molecule has 0 heterocycles. The van der Waals surface area contributed by atoms with E-state index < -0.39 is 55.8 Å². The zero-order valence-corrected chi connectivity index (χ0v) is 20.8. The predicted molar refractivity (Wildman–Crippen MR) is 13.6 cm³/mol. The average Bonchev–Trinajstić information content (AvgIpc) is 1.54. The second-order valence-corrected chi connectivity index (χ2v) is 3.09. The van der Waals surface area contributed by atoms with Gasteiger partial charge in [-0.25, -0.2) is 0 Å². The van der Waals surface area contributed by atoms with Crippen LogP contribution in [-0.2, 0) is 85.3 Å². The van der Waals surface area contributed by atoms with Crippen molar-refractivity contribution >= 4 is 71.9 Å². The van der Waals surface area contributed by atoms with E-state index in [1.165, 1.54) is 0 Å². The van der Waals surface area contributed by atoms with Gasteiger partial charge in [-0.15, -0.1) is 0 Å². The molecule has 72 valence electrons. The van der Waals surface area contributed by atoms with Crippen LogP contribution in [-0.4, -0.2) is 71.9 Å². The Labute approximate surface area is 175 Å². The molecule has 0 unspecified atom stereocenters. The molecule has 0 aliphatic heterocycles. The Morgan fingerprint density at radius 1 is 0.600 bits per heavy atom. The minimum atomic E-state index is -4.08. The normalized spacial score (nSPS) is 5.20. The Morgan fingerprint density at radius 3 is 0.600 bits per heavy atom. The van der Waals surface area contributed by atoms with Crippen molar-refractivity contribution in [3.8, 4) is 0 Å². The van der Waals surface area contributed by atoms with Gasteiger partial charge in [0.25, 0.3) is 0 Å². The maximum absolute atomic E-state index is 8.58. The van der Waals surface area contributed by atoms with Crippen LogP contribution in [0.25, 0.3) is 0 Å². The Kier molecular flexibility index (Phi) is 75.3. The molecule has 0 aromatic carbocycles. The largest absolute Gasteiger partial charge is 2.00 e. The minimum absolute atomic E-state index is 0. The van der Waals surface area contributed by atoms with E-state index in [2.05, 4.69) is 0 Å². The van der Waals surface area contributed by atoms with Crippen LogP contribution in [0.4, 0.5) is 0 Å². The van der Waals surface area contributed by atoms with E-state index in [4.69, 9.17) is 32.1 Å². The van der Waals surface area contributed by atoms with Crippen molar-refractivity contribution in [2.75, 3.05) is 0 Å². The molecule has 0 fully saturated rings. The summed E-state index contributed by atoms with van der Waals surface area (Å²) in [6, 6.07) is 0. The second-order valence-electron chi connectivity index (χ2n) is 0.750. The molecule has 15 heavy (non-hydrogen) atoms. The Bertz CT molecular complexity index is 123. The summed E-state index contributed by atoms with van der Waals surface area (Å²) in [5, 5.41) is 0. The first-order valence-electron chi connectivity index (χ1n) is 1.84. The molecule has 0 rings (SSSR count). The molecular weight excluding hydrogens is 515 g/mol. The maximum Gasteiger partial charge on any atom is 2.00 e. The van der Waals surface area contributed by atoms with Gasteiger partial charge in [-0.3, -0.25) is 0 Å². The van der Waals surface area contributed by atoms with Crippen LogP contribution in [0.2, 0.25) is 0 Å². The zero-order chi connectivity index (χ0) is 10.7. The molecule has 0 saturated heterocycles. The molecule has 0 aromatic heterocycles. The fraction of sp³-hybridized carbons (Fsp3) is 0. The first-order valence-corrected chi connectivity index (χ1v) is 7.57. The van der Waals surface area contributed by atoms with Crippen molar-refractivity contribution in [3.05, 3.63) is 0 Å². The van der Waals surface area contributed by atoms with Crippen molar-refractivity contribution in [2.45, 2.75) is 0 Å². The average molecular weight is 515 g/mol. The summed E-state index contributed by atoms with van der Waals surface area (Å²) in [5.41, 5.74) is 0. The van der Waals surface area contributed by atoms with Crippen molar-refractivity contribution in [2.24, 2.45) is 0 Å². The van der Waals surface area contributed by atoms with Crippen LogP contribution in [0.5, 0.6) is 0 Å². The van der Waals surface area contributed by atoms with Gasteiger partial charge in [0.2, 0.25) is 0 Å². The molecule has 15 heteroatoms. The monoisotopic (exact) mass is 514 g/mol. The SMILES string of the molecule is [Ba+2].[Mg+2].[O]=[Ti]([O-])[O-].[O]=[Ti]([O-])[O-].[O]=[Ti]([O-])[O-].[Zn+2]. The molecular formula is BaMgO9Ti3Zn. The Hall–Kier alpha value is 4.26. The molecule has 0 bridgehead atoms. The van der Waals surface area contributed by atoms with Crippen LogP contribution in [0.1, 0.15) is 0 Å². The standard InChI is InChI=1S/Ba.Mg.9O.3Ti.Zn/q2*+2;;;;6*-1;;;;+2. The first kappa shape index (κ1) is 36.5. The Morgan fingerprint density at radius 2 is 0.600 bits per heavy atom. The van der Waals surface area contributed by atoms with Gasteiger partial charge in [0, 0.05) is 0 Å². The molecule has 0 saturated carbocycles. The van der Waals surface area contributed by atoms with E-state index in [0.717, 1.165) is 0 Å². The van der Waals surface area contributed by atoms with E-state index in [0.29, 0.717) is 0 Å². The summed E-state index contributed by atoms with van der Waals surface area (Å²) in [5.74, 6) is 0. The van der Waals surface area contributed by atoms with E-state index in [9.17, 15) is 0 Å².